The molecule has 2 rings (SSSR count). The quantitative estimate of drug-likeness (QED) is 0.276. The average molecular weight is 296 g/mol. The number of hydrogen-bond donors (Lipinski definition) is 2. The van der Waals surface area contributed by atoms with E-state index in [0.717, 1.165) is 24.6 Å². The minimum atomic E-state index is -4.58. The minimum Gasteiger partial charge on any atom is -0.409 e. The van der Waals surface area contributed by atoms with Gasteiger partial charge in [0.15, 0.2) is 5.84 Å². The average Bonchev–Trinajstić information content (AvgIpc) is 3.07. The number of halogens is 3. The van der Waals surface area contributed by atoms with Gasteiger partial charge in [-0.15, -0.1) is 5.10 Å². The second-order valence-electron chi connectivity index (χ2n) is 4.07. The second-order valence-corrected chi connectivity index (χ2v) is 5.05. The Morgan fingerprint density at radius 3 is 2.79 bits per heavy atom. The lowest BCUT2D eigenvalue weighted by atomic mass is 10.1. The molecule has 106 valence electrons. The zero-order valence-electron chi connectivity index (χ0n) is 9.58. The van der Waals surface area contributed by atoms with Gasteiger partial charge in [-0.2, -0.15) is 13.2 Å². The highest BCUT2D eigenvalue weighted by Gasteiger charge is 2.43. The zero-order valence-corrected chi connectivity index (χ0v) is 10.4. The predicted molar refractivity (Wildman–Crippen MR) is 59.8 cm³/mol. The molecule has 1 aliphatic carbocycles. The fourth-order valence-electron chi connectivity index (χ4n) is 1.40. The first-order valence-electron chi connectivity index (χ1n) is 5.38. The molecule has 0 spiro atoms. The number of nitrogens with two attached hydrogens (primary N) is 1. The summed E-state index contributed by atoms with van der Waals surface area (Å²) in [7, 11) is 0. The van der Waals surface area contributed by atoms with E-state index in [1.807, 2.05) is 0 Å². The topological polar surface area (TPSA) is 102 Å². The first-order chi connectivity index (χ1) is 8.93. The van der Waals surface area contributed by atoms with Gasteiger partial charge >= 0.3 is 6.18 Å². The summed E-state index contributed by atoms with van der Waals surface area (Å²) >= 11 is 0.836. The van der Waals surface area contributed by atoms with Crippen molar-refractivity contribution < 1.29 is 18.4 Å². The van der Waals surface area contributed by atoms with Crippen LogP contribution in [0, 0.1) is 5.92 Å². The number of tetrazole rings is 1. The Morgan fingerprint density at radius 2 is 2.26 bits per heavy atom. The smallest absolute Gasteiger partial charge is 0.399 e. The highest BCUT2D eigenvalue weighted by atomic mass is 32.2. The summed E-state index contributed by atoms with van der Waals surface area (Å²) in [5.41, 5.74) is 5.06. The molecule has 0 aromatic carbocycles. The van der Waals surface area contributed by atoms with Crippen LogP contribution in [0.1, 0.15) is 18.9 Å². The van der Waals surface area contributed by atoms with Gasteiger partial charge in [-0.3, -0.25) is 0 Å². The summed E-state index contributed by atoms with van der Waals surface area (Å²) in [6.07, 6.45) is -2.75. The third-order valence-corrected chi connectivity index (χ3v) is 3.63. The number of amidine groups is 1. The van der Waals surface area contributed by atoms with Gasteiger partial charge in [0, 0.05) is 5.75 Å². The van der Waals surface area contributed by atoms with E-state index in [4.69, 9.17) is 10.9 Å². The predicted octanol–water partition coefficient (Wildman–Crippen LogP) is 1.02. The van der Waals surface area contributed by atoms with Crippen LogP contribution in [0.5, 0.6) is 0 Å². The molecule has 1 saturated carbocycles. The maximum atomic E-state index is 12.7. The SMILES string of the molecule is NC(=NO)C(CSc1nnnn1C1CC1)C(F)(F)F. The normalized spacial score (nSPS) is 18.6. The van der Waals surface area contributed by atoms with E-state index in [2.05, 4.69) is 20.7 Å². The van der Waals surface area contributed by atoms with E-state index in [-0.39, 0.29) is 6.04 Å². The number of rotatable bonds is 5. The summed E-state index contributed by atoms with van der Waals surface area (Å²) in [6, 6.07) is 0.172. The van der Waals surface area contributed by atoms with Crippen LogP contribution in [0.3, 0.4) is 0 Å². The van der Waals surface area contributed by atoms with E-state index in [0.29, 0.717) is 5.16 Å². The van der Waals surface area contributed by atoms with E-state index in [9.17, 15) is 13.2 Å². The van der Waals surface area contributed by atoms with Gasteiger partial charge in [-0.05, 0) is 23.3 Å². The number of nitrogens with zero attached hydrogens (tertiary/aromatic N) is 5. The number of thioether (sulfide) groups is 1. The Morgan fingerprint density at radius 1 is 1.58 bits per heavy atom. The molecule has 0 amide bonds. The van der Waals surface area contributed by atoms with Crippen molar-refractivity contribution in [3.8, 4) is 0 Å². The molecule has 0 radical (unpaired) electrons. The molecule has 1 aliphatic rings. The Hall–Kier alpha value is -1.52. The third kappa shape index (κ3) is 3.28. The summed E-state index contributed by atoms with van der Waals surface area (Å²) in [6.45, 7) is 0. The largest absolute Gasteiger partial charge is 0.409 e. The Labute approximate surface area is 110 Å². The highest BCUT2D eigenvalue weighted by molar-refractivity contribution is 7.99. The van der Waals surface area contributed by atoms with Gasteiger partial charge in [0.2, 0.25) is 5.16 Å². The van der Waals surface area contributed by atoms with E-state index in [1.54, 1.807) is 0 Å². The molecular formula is C8H11F3N6OS. The van der Waals surface area contributed by atoms with Gasteiger partial charge in [0.25, 0.3) is 0 Å². The zero-order chi connectivity index (χ0) is 14.0. The lowest BCUT2D eigenvalue weighted by molar-refractivity contribution is -0.150. The van der Waals surface area contributed by atoms with Gasteiger partial charge < -0.3 is 10.9 Å². The van der Waals surface area contributed by atoms with Crippen LogP contribution in [0.2, 0.25) is 0 Å². The van der Waals surface area contributed by atoms with Gasteiger partial charge in [0.1, 0.15) is 5.92 Å². The molecular weight excluding hydrogens is 285 g/mol. The lowest BCUT2D eigenvalue weighted by Gasteiger charge is -2.17. The summed E-state index contributed by atoms with van der Waals surface area (Å²) < 4.78 is 39.6. The number of hydrogen-bond acceptors (Lipinski definition) is 6. The van der Waals surface area contributed by atoms with Gasteiger partial charge in [-0.25, -0.2) is 4.68 Å². The molecule has 7 nitrogen and oxygen atoms in total. The summed E-state index contributed by atoms with van der Waals surface area (Å²) in [5, 5.41) is 22.0. The van der Waals surface area contributed by atoms with Crippen LogP contribution < -0.4 is 5.73 Å². The number of alkyl halides is 3. The van der Waals surface area contributed by atoms with E-state index < -0.39 is 23.7 Å². The first-order valence-corrected chi connectivity index (χ1v) is 6.37. The van der Waals surface area contributed by atoms with Crippen molar-refractivity contribution in [2.45, 2.75) is 30.2 Å². The van der Waals surface area contributed by atoms with Crippen LogP contribution in [-0.4, -0.2) is 43.2 Å². The van der Waals surface area contributed by atoms with Crippen molar-refractivity contribution in [2.75, 3.05) is 5.75 Å². The standard InChI is InChI=1S/C8H11F3N6OS/c9-8(10,11)5(6(12)14-18)3-19-7-13-15-16-17(7)4-1-2-4/h4-5,18H,1-3H2,(H2,12,14). The Balaban J connectivity index is 2.04. The number of oxime groups is 1. The van der Waals surface area contributed by atoms with E-state index in [1.165, 1.54) is 4.68 Å². The molecule has 0 aliphatic heterocycles. The molecule has 11 heteroatoms. The van der Waals surface area contributed by atoms with Crippen LogP contribution in [-0.2, 0) is 0 Å². The fourth-order valence-corrected chi connectivity index (χ4v) is 2.49. The van der Waals surface area contributed by atoms with Crippen LogP contribution in [0.4, 0.5) is 13.2 Å². The summed E-state index contributed by atoms with van der Waals surface area (Å²) in [5.74, 6) is -3.34. The van der Waals surface area contributed by atoms with Crippen molar-refractivity contribution in [1.29, 1.82) is 0 Å². The molecule has 1 unspecified atom stereocenters. The first kappa shape index (κ1) is 13.9. The van der Waals surface area contributed by atoms with E-state index >= 15 is 0 Å². The Bertz CT molecular complexity index is 471. The van der Waals surface area contributed by atoms with Gasteiger partial charge in [-0.1, -0.05) is 16.9 Å². The van der Waals surface area contributed by atoms with Crippen LogP contribution >= 0.6 is 11.8 Å². The van der Waals surface area contributed by atoms with Crippen molar-refractivity contribution in [2.24, 2.45) is 16.8 Å². The van der Waals surface area contributed by atoms with Crippen molar-refractivity contribution in [3.05, 3.63) is 0 Å². The summed E-state index contributed by atoms with van der Waals surface area (Å²) in [4.78, 5) is 0. The van der Waals surface area contributed by atoms with Crippen molar-refractivity contribution >= 4 is 17.6 Å². The molecule has 19 heavy (non-hydrogen) atoms. The Kier molecular flexibility index (Phi) is 3.83. The molecule has 0 saturated heterocycles. The van der Waals surface area contributed by atoms with Crippen LogP contribution in [0.15, 0.2) is 10.3 Å². The van der Waals surface area contributed by atoms with Crippen molar-refractivity contribution in [1.82, 2.24) is 20.2 Å². The van der Waals surface area contributed by atoms with Gasteiger partial charge in [0.05, 0.1) is 6.04 Å². The monoisotopic (exact) mass is 296 g/mol. The second kappa shape index (κ2) is 5.23. The molecule has 3 N–H and O–H groups in total. The fraction of sp³-hybridized carbons (Fsp3) is 0.750. The molecule has 1 aromatic rings. The highest BCUT2D eigenvalue weighted by Crippen LogP contribution is 2.37. The third-order valence-electron chi connectivity index (χ3n) is 2.60. The molecule has 1 atom stereocenters. The molecule has 0 bridgehead atoms. The maximum Gasteiger partial charge on any atom is 0.399 e. The minimum absolute atomic E-state index is 0.172. The molecule has 1 aromatic heterocycles. The van der Waals surface area contributed by atoms with Crippen molar-refractivity contribution in [3.63, 3.8) is 0 Å². The van der Waals surface area contributed by atoms with Crippen LogP contribution in [0.25, 0.3) is 0 Å². The maximum absolute atomic E-state index is 12.7. The lowest BCUT2D eigenvalue weighted by Crippen LogP contribution is -2.37. The number of aromatic nitrogens is 4. The molecule has 1 fully saturated rings. The molecule has 1 heterocycles.